The Labute approximate surface area is 79.0 Å². The molecule has 0 spiro atoms. The summed E-state index contributed by atoms with van der Waals surface area (Å²) in [6, 6.07) is 0.848. The van der Waals surface area contributed by atoms with Gasteiger partial charge in [0.1, 0.15) is 0 Å². The molecule has 2 nitrogen and oxygen atoms in total. The molecule has 1 unspecified atom stereocenters. The van der Waals surface area contributed by atoms with Crippen LogP contribution in [0.15, 0.2) is 0 Å². The Morgan fingerprint density at radius 3 is 2.42 bits per heavy atom. The van der Waals surface area contributed by atoms with Crippen molar-refractivity contribution in [1.82, 2.24) is 4.90 Å². The molecule has 0 radical (unpaired) electrons. The topological polar surface area (TPSA) is 29.3 Å². The first-order valence-electron chi connectivity index (χ1n) is 4.73. The maximum Gasteiger partial charge on any atom is 0.0445 e. The summed E-state index contributed by atoms with van der Waals surface area (Å²) < 4.78 is 0. The Hall–Kier alpha value is 0.270. The first-order valence-corrected chi connectivity index (χ1v) is 5.67. The smallest absolute Gasteiger partial charge is 0.0445 e. The van der Waals surface area contributed by atoms with Crippen LogP contribution in [0.3, 0.4) is 0 Å². The minimum absolute atomic E-state index is 0.574. The van der Waals surface area contributed by atoms with Gasteiger partial charge >= 0.3 is 0 Å². The Morgan fingerprint density at radius 1 is 1.42 bits per heavy atom. The highest BCUT2D eigenvalue weighted by atomic mass is 32.2. The lowest BCUT2D eigenvalue weighted by molar-refractivity contribution is -0.0301. The van der Waals surface area contributed by atoms with Crippen molar-refractivity contribution in [2.75, 3.05) is 13.1 Å². The molecule has 2 aliphatic rings. The van der Waals surface area contributed by atoms with Crippen LogP contribution in [-0.2, 0) is 0 Å². The van der Waals surface area contributed by atoms with E-state index < -0.39 is 0 Å². The third-order valence-corrected chi connectivity index (χ3v) is 4.16. The van der Waals surface area contributed by atoms with Crippen molar-refractivity contribution < 1.29 is 0 Å². The van der Waals surface area contributed by atoms with E-state index in [0.717, 1.165) is 6.04 Å². The van der Waals surface area contributed by atoms with E-state index >= 15 is 0 Å². The molecule has 2 rings (SSSR count). The average Bonchev–Trinajstić information content (AvgIpc) is 1.93. The van der Waals surface area contributed by atoms with Gasteiger partial charge in [0, 0.05) is 24.4 Å². The van der Waals surface area contributed by atoms with Gasteiger partial charge in [0.15, 0.2) is 0 Å². The van der Waals surface area contributed by atoms with Gasteiger partial charge in [0.05, 0.1) is 0 Å². The van der Waals surface area contributed by atoms with Gasteiger partial charge < -0.3 is 0 Å². The van der Waals surface area contributed by atoms with E-state index in [0.29, 0.717) is 10.7 Å². The van der Waals surface area contributed by atoms with Crippen molar-refractivity contribution >= 4 is 11.9 Å². The predicted octanol–water partition coefficient (Wildman–Crippen LogP) is 1.47. The van der Waals surface area contributed by atoms with E-state index in [4.69, 9.17) is 5.14 Å². The van der Waals surface area contributed by atoms with Gasteiger partial charge in [-0.2, -0.15) is 0 Å². The largest absolute Gasteiger partial charge is 0.297 e. The molecule has 1 aliphatic carbocycles. The third kappa shape index (κ3) is 1.28. The van der Waals surface area contributed by atoms with Crippen LogP contribution >= 0.6 is 11.9 Å². The van der Waals surface area contributed by atoms with E-state index in [1.165, 1.54) is 37.9 Å². The van der Waals surface area contributed by atoms with E-state index in [-0.39, 0.29) is 0 Å². The average molecular weight is 186 g/mol. The summed E-state index contributed by atoms with van der Waals surface area (Å²) >= 11 is 1.53. The lowest BCUT2D eigenvalue weighted by Gasteiger charge is -2.55. The van der Waals surface area contributed by atoms with Gasteiger partial charge in [-0.1, -0.05) is 25.8 Å². The summed E-state index contributed by atoms with van der Waals surface area (Å²) in [4.78, 5) is 2.59. The molecule has 2 N–H and O–H groups in total. The summed E-state index contributed by atoms with van der Waals surface area (Å²) in [5, 5.41) is 6.22. The van der Waals surface area contributed by atoms with Gasteiger partial charge in [-0.3, -0.25) is 10.0 Å². The standard InChI is InChI=1S/C9H18N2S/c1-9(2)4-3-8(9)11-5-7(6-11)12-10/h7-8H,3-6,10H2,1-2H3. The second-order valence-corrected chi connectivity index (χ2v) is 5.69. The van der Waals surface area contributed by atoms with Gasteiger partial charge in [-0.05, 0) is 18.3 Å². The van der Waals surface area contributed by atoms with Crippen molar-refractivity contribution in [1.29, 1.82) is 0 Å². The molecule has 1 saturated carbocycles. The van der Waals surface area contributed by atoms with E-state index in [1.807, 2.05) is 0 Å². The fourth-order valence-corrected chi connectivity index (χ4v) is 2.89. The normalized spacial score (nSPS) is 35.8. The molecule has 12 heavy (non-hydrogen) atoms. The Kier molecular flexibility index (Phi) is 2.13. The summed E-state index contributed by atoms with van der Waals surface area (Å²) in [6.07, 6.45) is 2.80. The third-order valence-electron chi connectivity index (χ3n) is 3.47. The summed E-state index contributed by atoms with van der Waals surface area (Å²) in [7, 11) is 0. The van der Waals surface area contributed by atoms with Crippen LogP contribution in [0.5, 0.6) is 0 Å². The summed E-state index contributed by atoms with van der Waals surface area (Å²) in [6.45, 7) is 7.19. The first kappa shape index (κ1) is 8.85. The number of likely N-dealkylation sites (tertiary alicyclic amines) is 1. The molecule has 70 valence electrons. The number of nitrogens with zero attached hydrogens (tertiary/aromatic N) is 1. The van der Waals surface area contributed by atoms with Crippen LogP contribution < -0.4 is 5.14 Å². The Balaban J connectivity index is 1.81. The van der Waals surface area contributed by atoms with Crippen LogP contribution in [0.4, 0.5) is 0 Å². The highest BCUT2D eigenvalue weighted by Crippen LogP contribution is 2.45. The summed E-state index contributed by atoms with van der Waals surface area (Å²) in [5.41, 5.74) is 0.574. The van der Waals surface area contributed by atoms with Crippen molar-refractivity contribution in [3.8, 4) is 0 Å². The number of hydrogen-bond donors (Lipinski definition) is 1. The van der Waals surface area contributed by atoms with Crippen LogP contribution in [-0.4, -0.2) is 29.3 Å². The predicted molar refractivity (Wildman–Crippen MR) is 53.9 cm³/mol. The highest BCUT2D eigenvalue weighted by molar-refractivity contribution is 7.97. The van der Waals surface area contributed by atoms with Gasteiger partial charge in [0.25, 0.3) is 0 Å². The molecule has 2 fully saturated rings. The van der Waals surface area contributed by atoms with Gasteiger partial charge in [-0.25, -0.2) is 0 Å². The Morgan fingerprint density at radius 2 is 2.08 bits per heavy atom. The molecule has 1 aliphatic heterocycles. The molecule has 0 amide bonds. The highest BCUT2D eigenvalue weighted by Gasteiger charge is 2.45. The minimum Gasteiger partial charge on any atom is -0.297 e. The molecule has 0 aromatic rings. The van der Waals surface area contributed by atoms with E-state index in [1.54, 1.807) is 0 Å². The quantitative estimate of drug-likeness (QED) is 0.662. The maximum absolute atomic E-state index is 5.51. The molecule has 0 bridgehead atoms. The van der Waals surface area contributed by atoms with Gasteiger partial charge in [0.2, 0.25) is 0 Å². The first-order chi connectivity index (χ1) is 5.63. The molecule has 0 aromatic heterocycles. The van der Waals surface area contributed by atoms with Crippen molar-refractivity contribution in [2.24, 2.45) is 10.6 Å². The van der Waals surface area contributed by atoms with Gasteiger partial charge in [-0.15, -0.1) is 0 Å². The molecule has 1 saturated heterocycles. The molecular formula is C9H18N2S. The zero-order valence-electron chi connectivity index (χ0n) is 7.92. The SMILES string of the molecule is CC1(C)CCC1N1CC(SN)C1. The van der Waals surface area contributed by atoms with E-state index in [9.17, 15) is 0 Å². The zero-order chi connectivity index (χ0) is 8.77. The number of hydrogen-bond acceptors (Lipinski definition) is 3. The summed E-state index contributed by atoms with van der Waals surface area (Å²) in [5.74, 6) is 0. The van der Waals surface area contributed by atoms with E-state index in [2.05, 4.69) is 18.7 Å². The lowest BCUT2D eigenvalue weighted by Crippen LogP contribution is -2.62. The van der Waals surface area contributed by atoms with Crippen molar-refractivity contribution in [3.05, 3.63) is 0 Å². The second kappa shape index (κ2) is 2.89. The zero-order valence-corrected chi connectivity index (χ0v) is 8.73. The minimum atomic E-state index is 0.574. The number of rotatable bonds is 2. The molecule has 0 aromatic carbocycles. The molecular weight excluding hydrogens is 168 g/mol. The van der Waals surface area contributed by atoms with Crippen molar-refractivity contribution in [2.45, 2.75) is 38.0 Å². The second-order valence-electron chi connectivity index (χ2n) is 4.76. The molecule has 1 atom stereocenters. The number of nitrogens with two attached hydrogens (primary N) is 1. The van der Waals surface area contributed by atoms with Crippen LogP contribution in [0, 0.1) is 5.41 Å². The van der Waals surface area contributed by atoms with Crippen LogP contribution in [0.25, 0.3) is 0 Å². The monoisotopic (exact) mass is 186 g/mol. The lowest BCUT2D eigenvalue weighted by atomic mass is 9.66. The molecule has 3 heteroatoms. The van der Waals surface area contributed by atoms with Crippen LogP contribution in [0.2, 0.25) is 0 Å². The van der Waals surface area contributed by atoms with Crippen molar-refractivity contribution in [3.63, 3.8) is 0 Å². The molecule has 1 heterocycles. The maximum atomic E-state index is 5.51. The fraction of sp³-hybridized carbons (Fsp3) is 1.00. The van der Waals surface area contributed by atoms with Crippen LogP contribution in [0.1, 0.15) is 26.7 Å². The fourth-order valence-electron chi connectivity index (χ4n) is 2.34. The Bertz CT molecular complexity index is 175.